The first-order valence-electron chi connectivity index (χ1n) is 16.8. The number of rotatable bonds is 16. The molecule has 4 amide bonds. The van der Waals surface area contributed by atoms with E-state index in [0.29, 0.717) is 79.5 Å². The zero-order valence-electron chi connectivity index (χ0n) is 28.1. The van der Waals surface area contributed by atoms with Gasteiger partial charge in [0.25, 0.3) is 23.6 Å². The van der Waals surface area contributed by atoms with Gasteiger partial charge in [-0.3, -0.25) is 34.4 Å². The van der Waals surface area contributed by atoms with E-state index in [2.05, 4.69) is 46.6 Å². The summed E-state index contributed by atoms with van der Waals surface area (Å²) in [5.74, 6) is -0.320. The topological polar surface area (TPSA) is 200 Å². The lowest BCUT2D eigenvalue weighted by molar-refractivity contribution is 0.0918. The third-order valence-electron chi connectivity index (χ3n) is 7.97. The summed E-state index contributed by atoms with van der Waals surface area (Å²) in [5, 5.41) is 25.3. The summed E-state index contributed by atoms with van der Waals surface area (Å²) in [7, 11) is 0. The molecule has 0 spiro atoms. The van der Waals surface area contributed by atoms with Gasteiger partial charge < -0.3 is 25.7 Å². The Hall–Kier alpha value is -6.83. The van der Waals surface area contributed by atoms with Gasteiger partial charge in [-0.15, -0.1) is 0 Å². The van der Waals surface area contributed by atoms with Crippen LogP contribution in [0.1, 0.15) is 66.1 Å². The molecule has 0 radical (unpaired) electrons. The third-order valence-corrected chi connectivity index (χ3v) is 7.97. The number of nitrogens with one attached hydrogen (secondary N) is 6. The van der Waals surface area contributed by atoms with Crippen LogP contribution in [0.15, 0.2) is 108 Å². The molecular formula is C38H37N9O5. The standard InChI is InChI=1S/C38H37N9O5/c48-35(28-12-5-15-39-24-28)40-16-6-17-41-37(50)33-23-31(45-47-33)27-11-4-8-25(20-27)21-29-13-14-34(52-29)38(51)43-19-7-18-42-36(49)32-22-30(44-46-32)26-9-2-1-3-10-26/h1-5,8-15,20,22-24H,6-7,16-19,21H2,(H,40,48)(H,41,50)(H,42,49)(H,43,51)(H,44,46)(H,45,47). The smallest absolute Gasteiger partial charge is 0.286 e. The Labute approximate surface area is 298 Å². The largest absolute Gasteiger partial charge is 0.456 e. The predicted molar refractivity (Wildman–Crippen MR) is 192 cm³/mol. The van der Waals surface area contributed by atoms with Crippen LogP contribution in [0.25, 0.3) is 22.5 Å². The van der Waals surface area contributed by atoms with Crippen LogP contribution < -0.4 is 21.3 Å². The molecule has 4 aromatic heterocycles. The minimum atomic E-state index is -0.343. The van der Waals surface area contributed by atoms with Crippen molar-refractivity contribution in [1.82, 2.24) is 46.6 Å². The molecule has 6 N–H and O–H groups in total. The monoisotopic (exact) mass is 699 g/mol. The first kappa shape index (κ1) is 35.0. The maximum atomic E-state index is 12.7. The summed E-state index contributed by atoms with van der Waals surface area (Å²) in [5.41, 5.74) is 5.12. The highest BCUT2D eigenvalue weighted by Gasteiger charge is 2.15. The Morgan fingerprint density at radius 2 is 1.21 bits per heavy atom. The summed E-state index contributed by atoms with van der Waals surface area (Å²) < 4.78 is 5.82. The minimum Gasteiger partial charge on any atom is -0.456 e. The molecule has 0 fully saturated rings. The molecule has 0 aliphatic carbocycles. The second-order valence-corrected chi connectivity index (χ2v) is 11.8. The number of aromatic nitrogens is 5. The van der Waals surface area contributed by atoms with Crippen molar-refractivity contribution >= 4 is 23.6 Å². The first-order valence-corrected chi connectivity index (χ1v) is 16.8. The lowest BCUT2D eigenvalue weighted by Gasteiger charge is -2.06. The van der Waals surface area contributed by atoms with Gasteiger partial charge in [0.05, 0.1) is 17.0 Å². The van der Waals surface area contributed by atoms with Crippen molar-refractivity contribution in [2.75, 3.05) is 26.2 Å². The van der Waals surface area contributed by atoms with Gasteiger partial charge in [-0.05, 0) is 60.9 Å². The SMILES string of the molecule is O=C(NCCCNC(=O)c1cc(-c2cccc(Cc3ccc(C(=O)NCCCNC(=O)c4cc(-c5ccccc5)n[nH]4)o3)c2)n[nH]1)c1cccnc1. The molecule has 2 aromatic carbocycles. The molecule has 14 heteroatoms. The number of carbonyl (C=O) groups excluding carboxylic acids is 4. The van der Waals surface area contributed by atoms with Crippen LogP contribution in [0.3, 0.4) is 0 Å². The zero-order chi connectivity index (χ0) is 36.1. The summed E-state index contributed by atoms with van der Waals surface area (Å²) in [6.45, 7) is 1.50. The Kier molecular flexibility index (Phi) is 11.6. The number of hydrogen-bond donors (Lipinski definition) is 6. The fourth-order valence-electron chi connectivity index (χ4n) is 5.28. The van der Waals surface area contributed by atoms with Gasteiger partial charge in [0.15, 0.2) is 5.76 Å². The van der Waals surface area contributed by atoms with Crippen LogP contribution in [0.4, 0.5) is 0 Å². The molecule has 52 heavy (non-hydrogen) atoms. The fourth-order valence-corrected chi connectivity index (χ4v) is 5.28. The number of carbonyl (C=O) groups is 4. The number of aromatic amines is 2. The van der Waals surface area contributed by atoms with Gasteiger partial charge >= 0.3 is 0 Å². The molecular weight excluding hydrogens is 662 g/mol. The van der Waals surface area contributed by atoms with E-state index < -0.39 is 0 Å². The van der Waals surface area contributed by atoms with Crippen LogP contribution >= 0.6 is 0 Å². The van der Waals surface area contributed by atoms with E-state index in [4.69, 9.17) is 4.42 Å². The molecule has 4 heterocycles. The average molecular weight is 700 g/mol. The number of hydrogen-bond acceptors (Lipinski definition) is 8. The number of H-pyrrole nitrogens is 2. The number of pyridine rings is 1. The van der Waals surface area contributed by atoms with E-state index in [9.17, 15) is 19.2 Å². The van der Waals surface area contributed by atoms with Crippen LogP contribution in [-0.4, -0.2) is 75.2 Å². The van der Waals surface area contributed by atoms with E-state index in [-0.39, 0.29) is 29.4 Å². The van der Waals surface area contributed by atoms with Crippen molar-refractivity contribution < 1.29 is 23.6 Å². The molecule has 0 saturated heterocycles. The normalized spacial score (nSPS) is 10.8. The summed E-state index contributed by atoms with van der Waals surface area (Å²) >= 11 is 0. The second kappa shape index (κ2) is 17.2. The van der Waals surface area contributed by atoms with Gasteiger partial charge in [-0.1, -0.05) is 48.5 Å². The predicted octanol–water partition coefficient (Wildman–Crippen LogP) is 4.15. The van der Waals surface area contributed by atoms with E-state index in [1.54, 1.807) is 42.6 Å². The number of nitrogens with zero attached hydrogens (tertiary/aromatic N) is 3. The van der Waals surface area contributed by atoms with Crippen molar-refractivity contribution in [3.63, 3.8) is 0 Å². The molecule has 0 atom stereocenters. The van der Waals surface area contributed by atoms with Crippen LogP contribution in [0, 0.1) is 0 Å². The Morgan fingerprint density at radius 3 is 1.87 bits per heavy atom. The maximum Gasteiger partial charge on any atom is 0.286 e. The Bertz CT molecular complexity index is 2120. The molecule has 0 bridgehead atoms. The molecule has 6 rings (SSSR count). The van der Waals surface area contributed by atoms with Crippen molar-refractivity contribution in [2.24, 2.45) is 0 Å². The van der Waals surface area contributed by atoms with E-state index in [0.717, 1.165) is 16.7 Å². The highest BCUT2D eigenvalue weighted by atomic mass is 16.3. The van der Waals surface area contributed by atoms with Crippen LogP contribution in [0.2, 0.25) is 0 Å². The third kappa shape index (κ3) is 9.44. The molecule has 0 saturated carbocycles. The fraction of sp³-hybridized carbons (Fsp3) is 0.184. The lowest BCUT2D eigenvalue weighted by Crippen LogP contribution is -2.30. The lowest BCUT2D eigenvalue weighted by atomic mass is 10.0. The molecule has 0 aliphatic rings. The van der Waals surface area contributed by atoms with Crippen molar-refractivity contribution in [1.29, 1.82) is 0 Å². The Morgan fingerprint density at radius 1 is 0.596 bits per heavy atom. The average Bonchev–Trinajstić information content (AvgIpc) is 3.97. The molecule has 264 valence electrons. The van der Waals surface area contributed by atoms with Gasteiger partial charge in [0.1, 0.15) is 17.1 Å². The van der Waals surface area contributed by atoms with Gasteiger partial charge in [0, 0.05) is 56.1 Å². The first-order chi connectivity index (χ1) is 25.4. The summed E-state index contributed by atoms with van der Waals surface area (Å²) in [4.78, 5) is 53.8. The van der Waals surface area contributed by atoms with Crippen molar-refractivity contribution in [2.45, 2.75) is 19.3 Å². The van der Waals surface area contributed by atoms with E-state index in [1.165, 1.54) is 6.20 Å². The number of amides is 4. The molecule has 0 aliphatic heterocycles. The number of furan rings is 1. The zero-order valence-corrected chi connectivity index (χ0v) is 28.1. The van der Waals surface area contributed by atoms with E-state index >= 15 is 0 Å². The summed E-state index contributed by atoms with van der Waals surface area (Å²) in [6.07, 6.45) is 4.63. The van der Waals surface area contributed by atoms with Gasteiger partial charge in [-0.2, -0.15) is 10.2 Å². The molecule has 6 aromatic rings. The maximum absolute atomic E-state index is 12.7. The Balaban J connectivity index is 0.905. The minimum absolute atomic E-state index is 0.194. The van der Waals surface area contributed by atoms with Gasteiger partial charge in [-0.25, -0.2) is 0 Å². The highest BCUT2D eigenvalue weighted by Crippen LogP contribution is 2.22. The van der Waals surface area contributed by atoms with E-state index in [1.807, 2.05) is 54.6 Å². The quantitative estimate of drug-likeness (QED) is 0.0810. The van der Waals surface area contributed by atoms with Crippen molar-refractivity contribution in [3.05, 3.63) is 137 Å². The molecule has 14 nitrogen and oxygen atoms in total. The second-order valence-electron chi connectivity index (χ2n) is 11.8. The van der Waals surface area contributed by atoms with Crippen LogP contribution in [0.5, 0.6) is 0 Å². The van der Waals surface area contributed by atoms with Gasteiger partial charge in [0.2, 0.25) is 0 Å². The van der Waals surface area contributed by atoms with Crippen molar-refractivity contribution in [3.8, 4) is 22.5 Å². The van der Waals surface area contributed by atoms with Crippen LogP contribution in [-0.2, 0) is 6.42 Å². The summed E-state index contributed by atoms with van der Waals surface area (Å²) in [6, 6.07) is 27.4. The highest BCUT2D eigenvalue weighted by molar-refractivity contribution is 5.95. The molecule has 0 unspecified atom stereocenters. The number of benzene rings is 2.